The van der Waals surface area contributed by atoms with Gasteiger partial charge in [0.1, 0.15) is 6.54 Å². The zero-order chi connectivity index (χ0) is 13.7. The third-order valence-electron chi connectivity index (χ3n) is 2.44. The Kier molecular flexibility index (Phi) is 4.76. The van der Waals surface area contributed by atoms with Crippen molar-refractivity contribution in [2.24, 2.45) is 0 Å². The van der Waals surface area contributed by atoms with Crippen molar-refractivity contribution < 1.29 is 14.7 Å². The number of carbonyl (C=O) groups excluding carboxylic acids is 1. The van der Waals surface area contributed by atoms with Crippen molar-refractivity contribution in [3.8, 4) is 0 Å². The molecule has 1 amide bonds. The molecule has 0 aliphatic rings. The Morgan fingerprint density at radius 3 is 2.56 bits per heavy atom. The molecule has 0 aliphatic carbocycles. The van der Waals surface area contributed by atoms with Crippen LogP contribution in [0.2, 0.25) is 0 Å². The van der Waals surface area contributed by atoms with Gasteiger partial charge in [-0.1, -0.05) is 6.92 Å². The fourth-order valence-electron chi connectivity index (χ4n) is 1.62. The molecule has 6 heteroatoms. The molecule has 0 saturated carbocycles. The Balaban J connectivity index is 3.01. The molecule has 1 N–H and O–H groups in total. The molecule has 0 atom stereocenters. The molecule has 1 rings (SSSR count). The number of aryl methyl sites for hydroxylation is 2. The van der Waals surface area contributed by atoms with Crippen LogP contribution < -0.4 is 0 Å². The SMILES string of the molecule is CCCN(CC(=O)O)C(=O)c1cc(C)nnc1C. The highest BCUT2D eigenvalue weighted by Gasteiger charge is 2.20. The highest BCUT2D eigenvalue weighted by Crippen LogP contribution is 2.10. The highest BCUT2D eigenvalue weighted by molar-refractivity contribution is 5.96. The predicted octanol–water partition coefficient (Wildman–Crippen LogP) is 1.03. The molecule has 1 aromatic rings. The molecule has 0 saturated heterocycles. The van der Waals surface area contributed by atoms with E-state index < -0.39 is 5.97 Å². The maximum atomic E-state index is 12.2. The van der Waals surface area contributed by atoms with Crippen molar-refractivity contribution >= 4 is 11.9 Å². The number of hydrogen-bond donors (Lipinski definition) is 1. The van der Waals surface area contributed by atoms with E-state index in [1.54, 1.807) is 19.9 Å². The lowest BCUT2D eigenvalue weighted by molar-refractivity contribution is -0.137. The molecule has 0 bridgehead atoms. The van der Waals surface area contributed by atoms with Crippen LogP contribution in [0.3, 0.4) is 0 Å². The minimum Gasteiger partial charge on any atom is -0.480 e. The number of aromatic nitrogens is 2. The first-order valence-electron chi connectivity index (χ1n) is 5.77. The summed E-state index contributed by atoms with van der Waals surface area (Å²) < 4.78 is 0. The van der Waals surface area contributed by atoms with Gasteiger partial charge in [-0.2, -0.15) is 10.2 Å². The summed E-state index contributed by atoms with van der Waals surface area (Å²) in [5, 5.41) is 16.5. The third-order valence-corrected chi connectivity index (χ3v) is 2.44. The summed E-state index contributed by atoms with van der Waals surface area (Å²) in [4.78, 5) is 24.3. The van der Waals surface area contributed by atoms with Crippen molar-refractivity contribution in [1.82, 2.24) is 15.1 Å². The Labute approximate surface area is 106 Å². The van der Waals surface area contributed by atoms with Gasteiger partial charge in [-0.3, -0.25) is 9.59 Å². The van der Waals surface area contributed by atoms with Crippen molar-refractivity contribution in [3.05, 3.63) is 23.0 Å². The summed E-state index contributed by atoms with van der Waals surface area (Å²) in [6.07, 6.45) is 0.704. The van der Waals surface area contributed by atoms with Gasteiger partial charge in [-0.15, -0.1) is 0 Å². The monoisotopic (exact) mass is 251 g/mol. The summed E-state index contributed by atoms with van der Waals surface area (Å²) in [5.41, 5.74) is 1.56. The number of carboxylic acids is 1. The van der Waals surface area contributed by atoms with E-state index in [1.165, 1.54) is 4.90 Å². The van der Waals surface area contributed by atoms with Crippen LogP contribution >= 0.6 is 0 Å². The summed E-state index contributed by atoms with van der Waals surface area (Å²) >= 11 is 0. The molecule has 1 heterocycles. The Morgan fingerprint density at radius 1 is 1.33 bits per heavy atom. The van der Waals surface area contributed by atoms with Crippen LogP contribution in [-0.4, -0.2) is 45.2 Å². The van der Waals surface area contributed by atoms with Crippen molar-refractivity contribution in [3.63, 3.8) is 0 Å². The molecule has 18 heavy (non-hydrogen) atoms. The maximum Gasteiger partial charge on any atom is 0.323 e. The van der Waals surface area contributed by atoms with Gasteiger partial charge in [0, 0.05) is 6.54 Å². The molecule has 6 nitrogen and oxygen atoms in total. The average Bonchev–Trinajstić information content (AvgIpc) is 2.30. The number of nitrogens with zero attached hydrogens (tertiary/aromatic N) is 3. The molecule has 0 spiro atoms. The van der Waals surface area contributed by atoms with Gasteiger partial charge in [-0.25, -0.2) is 0 Å². The van der Waals surface area contributed by atoms with Crippen molar-refractivity contribution in [2.75, 3.05) is 13.1 Å². The zero-order valence-corrected chi connectivity index (χ0v) is 10.8. The second-order valence-corrected chi connectivity index (χ2v) is 4.11. The van der Waals surface area contributed by atoms with Crippen LogP contribution in [0.4, 0.5) is 0 Å². The predicted molar refractivity (Wildman–Crippen MR) is 65.3 cm³/mol. The van der Waals surface area contributed by atoms with E-state index in [9.17, 15) is 9.59 Å². The van der Waals surface area contributed by atoms with Gasteiger partial charge in [0.05, 0.1) is 17.0 Å². The van der Waals surface area contributed by atoms with E-state index in [2.05, 4.69) is 10.2 Å². The summed E-state index contributed by atoms with van der Waals surface area (Å²) in [6, 6.07) is 1.63. The number of aliphatic carboxylic acids is 1. The van der Waals surface area contributed by atoms with E-state index >= 15 is 0 Å². The first-order chi connectivity index (χ1) is 8.45. The molecular weight excluding hydrogens is 234 g/mol. The van der Waals surface area contributed by atoms with Crippen LogP contribution in [0.25, 0.3) is 0 Å². The summed E-state index contributed by atoms with van der Waals surface area (Å²) in [6.45, 7) is 5.43. The van der Waals surface area contributed by atoms with E-state index in [4.69, 9.17) is 5.11 Å². The lowest BCUT2D eigenvalue weighted by atomic mass is 10.1. The van der Waals surface area contributed by atoms with Crippen LogP contribution in [0.15, 0.2) is 6.07 Å². The quantitative estimate of drug-likeness (QED) is 0.845. The molecule has 0 aromatic carbocycles. The molecule has 1 aromatic heterocycles. The first-order valence-corrected chi connectivity index (χ1v) is 5.77. The highest BCUT2D eigenvalue weighted by atomic mass is 16.4. The maximum absolute atomic E-state index is 12.2. The van der Waals surface area contributed by atoms with E-state index in [1.807, 2.05) is 6.92 Å². The summed E-state index contributed by atoms with van der Waals surface area (Å²) in [5.74, 6) is -1.33. The zero-order valence-electron chi connectivity index (χ0n) is 10.8. The Morgan fingerprint density at radius 2 is 2.00 bits per heavy atom. The van der Waals surface area contributed by atoms with E-state index in [-0.39, 0.29) is 12.5 Å². The smallest absolute Gasteiger partial charge is 0.323 e. The summed E-state index contributed by atoms with van der Waals surface area (Å²) in [7, 11) is 0. The standard InChI is InChI=1S/C12H17N3O3/c1-4-5-15(7-11(16)17)12(18)10-6-8(2)13-14-9(10)3/h6H,4-5,7H2,1-3H3,(H,16,17). The molecular formula is C12H17N3O3. The van der Waals surface area contributed by atoms with Crippen molar-refractivity contribution in [2.45, 2.75) is 27.2 Å². The minimum atomic E-state index is -1.02. The number of amides is 1. The van der Waals surface area contributed by atoms with Crippen molar-refractivity contribution in [1.29, 1.82) is 0 Å². The largest absolute Gasteiger partial charge is 0.480 e. The Hall–Kier alpha value is -1.98. The van der Waals surface area contributed by atoms with Gasteiger partial charge in [0.15, 0.2) is 0 Å². The lowest BCUT2D eigenvalue weighted by Gasteiger charge is -2.20. The van der Waals surface area contributed by atoms with E-state index in [0.717, 1.165) is 0 Å². The lowest BCUT2D eigenvalue weighted by Crippen LogP contribution is -2.36. The number of carboxylic acid groups (broad SMARTS) is 1. The molecule has 98 valence electrons. The van der Waals surface area contributed by atoms with Crippen LogP contribution in [-0.2, 0) is 4.79 Å². The average molecular weight is 251 g/mol. The van der Waals surface area contributed by atoms with E-state index in [0.29, 0.717) is 29.9 Å². The minimum absolute atomic E-state index is 0.298. The van der Waals surface area contributed by atoms with Gasteiger partial charge < -0.3 is 10.0 Å². The molecule has 0 aliphatic heterocycles. The van der Waals surface area contributed by atoms with Crippen LogP contribution in [0.1, 0.15) is 35.1 Å². The first kappa shape index (κ1) is 14.1. The number of rotatable bonds is 5. The fourth-order valence-corrected chi connectivity index (χ4v) is 1.62. The van der Waals surface area contributed by atoms with Gasteiger partial charge in [-0.05, 0) is 26.3 Å². The molecule has 0 fully saturated rings. The Bertz CT molecular complexity index is 460. The third kappa shape index (κ3) is 3.51. The van der Waals surface area contributed by atoms with Crippen LogP contribution in [0, 0.1) is 13.8 Å². The second kappa shape index (κ2) is 6.09. The van der Waals surface area contributed by atoms with Gasteiger partial charge in [0.25, 0.3) is 5.91 Å². The van der Waals surface area contributed by atoms with Gasteiger partial charge in [0.2, 0.25) is 0 Å². The number of carbonyl (C=O) groups is 2. The topological polar surface area (TPSA) is 83.4 Å². The normalized spacial score (nSPS) is 10.2. The van der Waals surface area contributed by atoms with Crippen LogP contribution in [0.5, 0.6) is 0 Å². The number of hydrogen-bond acceptors (Lipinski definition) is 4. The second-order valence-electron chi connectivity index (χ2n) is 4.11. The van der Waals surface area contributed by atoms with Gasteiger partial charge >= 0.3 is 5.97 Å². The molecule has 0 radical (unpaired) electrons. The fraction of sp³-hybridized carbons (Fsp3) is 0.500. The molecule has 0 unspecified atom stereocenters.